The van der Waals surface area contributed by atoms with Gasteiger partial charge in [-0.3, -0.25) is 0 Å². The Morgan fingerprint density at radius 1 is 0.923 bits per heavy atom. The lowest BCUT2D eigenvalue weighted by atomic mass is 9.75. The molecule has 0 aromatic carbocycles. The van der Waals surface area contributed by atoms with E-state index in [2.05, 4.69) is 0 Å². The van der Waals surface area contributed by atoms with E-state index >= 15 is 0 Å². The van der Waals surface area contributed by atoms with Crippen LogP contribution >= 0.6 is 0 Å². The first-order valence-corrected chi connectivity index (χ1v) is 5.07. The van der Waals surface area contributed by atoms with E-state index in [0.717, 1.165) is 12.8 Å². The van der Waals surface area contributed by atoms with Crippen molar-refractivity contribution < 1.29 is 15.3 Å². The second-order valence-corrected chi connectivity index (χ2v) is 3.69. The molecule has 0 unspecified atom stereocenters. The molecule has 3 nitrogen and oxygen atoms in total. The monoisotopic (exact) mass is 190 g/mol. The Balaban J connectivity index is 0.000000424. The summed E-state index contributed by atoms with van der Waals surface area (Å²) in [5, 5.41) is 25.5. The minimum absolute atomic E-state index is 0.127. The Hall–Kier alpha value is -0.120. The van der Waals surface area contributed by atoms with Gasteiger partial charge >= 0.3 is 0 Å². The van der Waals surface area contributed by atoms with Crippen molar-refractivity contribution in [2.45, 2.75) is 39.0 Å². The number of aliphatic hydroxyl groups is 3. The minimum Gasteiger partial charge on any atom is -0.397 e. The van der Waals surface area contributed by atoms with E-state index in [9.17, 15) is 0 Å². The average Bonchev–Trinajstić information content (AvgIpc) is 2.20. The van der Waals surface area contributed by atoms with Crippen molar-refractivity contribution in [2.24, 2.45) is 5.41 Å². The van der Waals surface area contributed by atoms with E-state index in [0.29, 0.717) is 0 Å². The summed E-state index contributed by atoms with van der Waals surface area (Å²) < 4.78 is 0. The van der Waals surface area contributed by atoms with Crippen LogP contribution in [-0.2, 0) is 0 Å². The van der Waals surface area contributed by atoms with E-state index in [1.54, 1.807) is 6.92 Å². The second kappa shape index (κ2) is 7.30. The van der Waals surface area contributed by atoms with Crippen LogP contribution < -0.4 is 0 Å². The molecule has 0 bridgehead atoms. The molecule has 1 rings (SSSR count). The highest BCUT2D eigenvalue weighted by Crippen LogP contribution is 2.34. The SMILES string of the molecule is CCO.OCC1(CO)CCCCC1. The molecule has 0 aliphatic heterocycles. The molecule has 1 fully saturated rings. The van der Waals surface area contributed by atoms with Gasteiger partial charge in [0.15, 0.2) is 0 Å². The molecule has 0 radical (unpaired) electrons. The molecule has 0 spiro atoms. The Morgan fingerprint density at radius 3 is 1.54 bits per heavy atom. The van der Waals surface area contributed by atoms with Gasteiger partial charge in [0.2, 0.25) is 0 Å². The van der Waals surface area contributed by atoms with Gasteiger partial charge in [0.05, 0.1) is 13.2 Å². The van der Waals surface area contributed by atoms with Crippen LogP contribution in [0, 0.1) is 5.41 Å². The molecule has 0 amide bonds. The molecule has 0 aromatic heterocycles. The summed E-state index contributed by atoms with van der Waals surface area (Å²) in [5.74, 6) is 0. The first-order chi connectivity index (χ1) is 6.24. The van der Waals surface area contributed by atoms with Crippen molar-refractivity contribution in [1.82, 2.24) is 0 Å². The smallest absolute Gasteiger partial charge is 0.0509 e. The number of aliphatic hydroxyl groups excluding tert-OH is 3. The van der Waals surface area contributed by atoms with Gasteiger partial charge in [0.25, 0.3) is 0 Å². The zero-order chi connectivity index (χ0) is 10.2. The summed E-state index contributed by atoms with van der Waals surface area (Å²) in [4.78, 5) is 0. The van der Waals surface area contributed by atoms with Crippen LogP contribution in [0.15, 0.2) is 0 Å². The third kappa shape index (κ3) is 4.60. The van der Waals surface area contributed by atoms with Crippen molar-refractivity contribution in [2.75, 3.05) is 19.8 Å². The fraction of sp³-hybridized carbons (Fsp3) is 1.00. The molecule has 80 valence electrons. The minimum atomic E-state index is -0.127. The second-order valence-electron chi connectivity index (χ2n) is 3.69. The highest BCUT2D eigenvalue weighted by Gasteiger charge is 2.30. The van der Waals surface area contributed by atoms with Gasteiger partial charge in [-0.05, 0) is 19.8 Å². The van der Waals surface area contributed by atoms with Crippen molar-refractivity contribution in [3.8, 4) is 0 Å². The lowest BCUT2D eigenvalue weighted by molar-refractivity contribution is 0.0234. The van der Waals surface area contributed by atoms with E-state index in [4.69, 9.17) is 15.3 Å². The molecule has 13 heavy (non-hydrogen) atoms. The summed E-state index contributed by atoms with van der Waals surface area (Å²) >= 11 is 0. The maximum absolute atomic E-state index is 8.98. The highest BCUT2D eigenvalue weighted by atomic mass is 16.3. The van der Waals surface area contributed by atoms with Gasteiger partial charge in [-0.2, -0.15) is 0 Å². The van der Waals surface area contributed by atoms with Crippen LogP contribution in [0.25, 0.3) is 0 Å². The van der Waals surface area contributed by atoms with Gasteiger partial charge < -0.3 is 15.3 Å². The van der Waals surface area contributed by atoms with Crippen LogP contribution in [0.2, 0.25) is 0 Å². The van der Waals surface area contributed by atoms with Crippen LogP contribution in [0.5, 0.6) is 0 Å². The van der Waals surface area contributed by atoms with Crippen molar-refractivity contribution in [1.29, 1.82) is 0 Å². The molecule has 3 N–H and O–H groups in total. The Kier molecular flexibility index (Phi) is 7.23. The molecule has 1 aliphatic rings. The van der Waals surface area contributed by atoms with Crippen LogP contribution in [0.4, 0.5) is 0 Å². The predicted molar refractivity (Wildman–Crippen MR) is 52.4 cm³/mol. The maximum atomic E-state index is 8.98. The Morgan fingerprint density at radius 2 is 1.31 bits per heavy atom. The van der Waals surface area contributed by atoms with E-state index < -0.39 is 0 Å². The molecular formula is C10H22O3. The van der Waals surface area contributed by atoms with E-state index in [-0.39, 0.29) is 25.2 Å². The zero-order valence-corrected chi connectivity index (χ0v) is 8.50. The molecule has 1 aliphatic carbocycles. The van der Waals surface area contributed by atoms with Crippen molar-refractivity contribution in [3.05, 3.63) is 0 Å². The van der Waals surface area contributed by atoms with E-state index in [1.807, 2.05) is 0 Å². The molecule has 0 heterocycles. The van der Waals surface area contributed by atoms with Crippen molar-refractivity contribution in [3.63, 3.8) is 0 Å². The first kappa shape index (κ1) is 12.9. The normalized spacial score (nSPS) is 20.3. The third-order valence-electron chi connectivity index (χ3n) is 2.59. The topological polar surface area (TPSA) is 60.7 Å². The van der Waals surface area contributed by atoms with Crippen LogP contribution in [0.3, 0.4) is 0 Å². The lowest BCUT2D eigenvalue weighted by Gasteiger charge is -2.33. The summed E-state index contributed by atoms with van der Waals surface area (Å²) in [6, 6.07) is 0. The van der Waals surface area contributed by atoms with Gasteiger partial charge in [-0.1, -0.05) is 19.3 Å². The fourth-order valence-corrected chi connectivity index (χ4v) is 1.67. The largest absolute Gasteiger partial charge is 0.397 e. The summed E-state index contributed by atoms with van der Waals surface area (Å²) in [7, 11) is 0. The van der Waals surface area contributed by atoms with Gasteiger partial charge in [0.1, 0.15) is 0 Å². The Bertz CT molecular complexity index is 103. The number of hydrogen-bond acceptors (Lipinski definition) is 3. The van der Waals surface area contributed by atoms with Gasteiger partial charge in [-0.25, -0.2) is 0 Å². The molecule has 0 saturated heterocycles. The van der Waals surface area contributed by atoms with Crippen LogP contribution in [0.1, 0.15) is 39.0 Å². The number of hydrogen-bond donors (Lipinski definition) is 3. The molecule has 0 atom stereocenters. The number of rotatable bonds is 2. The highest BCUT2D eigenvalue weighted by molar-refractivity contribution is 4.80. The quantitative estimate of drug-likeness (QED) is 0.607. The molecule has 1 saturated carbocycles. The maximum Gasteiger partial charge on any atom is 0.0509 e. The standard InChI is InChI=1S/C8H16O2.C2H6O/c9-6-8(7-10)4-2-1-3-5-8;1-2-3/h9-10H,1-7H2;3H,2H2,1H3. The molecular weight excluding hydrogens is 168 g/mol. The van der Waals surface area contributed by atoms with Crippen LogP contribution in [-0.4, -0.2) is 35.1 Å². The van der Waals surface area contributed by atoms with Crippen molar-refractivity contribution >= 4 is 0 Å². The summed E-state index contributed by atoms with van der Waals surface area (Å²) in [6.45, 7) is 2.24. The molecule has 3 heteroatoms. The van der Waals surface area contributed by atoms with Gasteiger partial charge in [0, 0.05) is 12.0 Å². The zero-order valence-electron chi connectivity index (χ0n) is 8.50. The third-order valence-corrected chi connectivity index (χ3v) is 2.59. The summed E-state index contributed by atoms with van der Waals surface area (Å²) in [6.07, 6.45) is 5.60. The van der Waals surface area contributed by atoms with E-state index in [1.165, 1.54) is 19.3 Å². The Labute approximate surface area is 80.4 Å². The predicted octanol–water partition coefficient (Wildman–Crippen LogP) is 0.920. The fourth-order valence-electron chi connectivity index (χ4n) is 1.67. The average molecular weight is 190 g/mol. The summed E-state index contributed by atoms with van der Waals surface area (Å²) in [5.41, 5.74) is -0.127. The molecule has 0 aromatic rings. The lowest BCUT2D eigenvalue weighted by Crippen LogP contribution is -2.31. The van der Waals surface area contributed by atoms with Gasteiger partial charge in [-0.15, -0.1) is 0 Å². The first-order valence-electron chi connectivity index (χ1n) is 5.07.